The highest BCUT2D eigenvalue weighted by atomic mass is 32.1. The van der Waals surface area contributed by atoms with E-state index in [0.29, 0.717) is 16.3 Å². The maximum absolute atomic E-state index is 11.3. The number of ether oxygens (including phenoxy) is 2. The molecule has 0 aliphatic rings. The molecule has 1 aromatic heterocycles. The van der Waals surface area contributed by atoms with E-state index in [1.807, 2.05) is 6.07 Å². The number of nitrogen functional groups attached to an aromatic ring is 1. The van der Waals surface area contributed by atoms with Crippen LogP contribution in [-0.4, -0.2) is 20.2 Å². The van der Waals surface area contributed by atoms with Crippen molar-refractivity contribution in [2.75, 3.05) is 20.0 Å². The Morgan fingerprint density at radius 3 is 2.69 bits per heavy atom. The zero-order chi connectivity index (χ0) is 11.7. The predicted molar refractivity (Wildman–Crippen MR) is 64.1 cm³/mol. The third-order valence-electron chi connectivity index (χ3n) is 2.26. The molecule has 0 aliphatic heterocycles. The van der Waals surface area contributed by atoms with Gasteiger partial charge >= 0.3 is 5.97 Å². The fourth-order valence-electron chi connectivity index (χ4n) is 1.46. The van der Waals surface area contributed by atoms with E-state index in [1.54, 1.807) is 19.2 Å². The molecule has 0 radical (unpaired) electrons. The van der Waals surface area contributed by atoms with Crippen LogP contribution in [-0.2, 0) is 4.74 Å². The van der Waals surface area contributed by atoms with Crippen molar-refractivity contribution in [3.63, 3.8) is 0 Å². The van der Waals surface area contributed by atoms with Gasteiger partial charge < -0.3 is 15.2 Å². The van der Waals surface area contributed by atoms with Gasteiger partial charge in [-0.2, -0.15) is 0 Å². The molecule has 1 aromatic carbocycles. The summed E-state index contributed by atoms with van der Waals surface area (Å²) in [5.74, 6) is 0.282. The Morgan fingerprint density at radius 1 is 1.31 bits per heavy atom. The largest absolute Gasteiger partial charge is 0.495 e. The van der Waals surface area contributed by atoms with Gasteiger partial charge in [0.2, 0.25) is 0 Å². The third kappa shape index (κ3) is 1.69. The molecule has 2 N–H and O–H groups in total. The molecule has 0 saturated heterocycles. The van der Waals surface area contributed by atoms with E-state index < -0.39 is 0 Å². The number of anilines is 1. The van der Waals surface area contributed by atoms with E-state index in [2.05, 4.69) is 4.74 Å². The highest BCUT2D eigenvalue weighted by Gasteiger charge is 2.12. The van der Waals surface area contributed by atoms with Gasteiger partial charge in [0.05, 0.1) is 19.9 Å². The van der Waals surface area contributed by atoms with Crippen molar-refractivity contribution in [2.24, 2.45) is 0 Å². The Labute approximate surface area is 96.6 Å². The molecule has 5 heteroatoms. The number of thiophene rings is 1. The lowest BCUT2D eigenvalue weighted by molar-refractivity contribution is 0.0606. The molecule has 2 aromatic rings. The van der Waals surface area contributed by atoms with Gasteiger partial charge in [0.1, 0.15) is 10.6 Å². The first-order valence-corrected chi connectivity index (χ1v) is 5.42. The van der Waals surface area contributed by atoms with Crippen LogP contribution in [0.4, 0.5) is 5.69 Å². The molecule has 0 atom stereocenters. The van der Waals surface area contributed by atoms with Crippen molar-refractivity contribution in [1.82, 2.24) is 0 Å². The molecule has 84 valence electrons. The first-order chi connectivity index (χ1) is 7.65. The molecule has 16 heavy (non-hydrogen) atoms. The smallest absolute Gasteiger partial charge is 0.348 e. The minimum Gasteiger partial charge on any atom is -0.495 e. The predicted octanol–water partition coefficient (Wildman–Crippen LogP) is 2.28. The van der Waals surface area contributed by atoms with Crippen LogP contribution in [0, 0.1) is 0 Å². The van der Waals surface area contributed by atoms with Crippen molar-refractivity contribution in [2.45, 2.75) is 0 Å². The minimum atomic E-state index is -0.335. The lowest BCUT2D eigenvalue weighted by Gasteiger charge is -2.03. The summed E-state index contributed by atoms with van der Waals surface area (Å²) in [5.41, 5.74) is 6.34. The number of hydrogen-bond acceptors (Lipinski definition) is 5. The number of benzene rings is 1. The van der Waals surface area contributed by atoms with Crippen LogP contribution in [0.15, 0.2) is 18.2 Å². The van der Waals surface area contributed by atoms with E-state index in [-0.39, 0.29) is 5.97 Å². The molecule has 0 fully saturated rings. The molecule has 0 saturated carbocycles. The Hall–Kier alpha value is -1.75. The Kier molecular flexibility index (Phi) is 2.70. The maximum atomic E-state index is 11.3. The standard InChI is InChI=1S/C11H11NO3S/c1-14-8-5-9-6(3-7(8)12)4-10(16-9)11(13)15-2/h3-5H,12H2,1-2H3. The van der Waals surface area contributed by atoms with E-state index in [4.69, 9.17) is 10.5 Å². The lowest BCUT2D eigenvalue weighted by Crippen LogP contribution is -1.96. The fourth-order valence-corrected chi connectivity index (χ4v) is 2.45. The summed E-state index contributed by atoms with van der Waals surface area (Å²) in [4.78, 5) is 11.9. The van der Waals surface area contributed by atoms with Gasteiger partial charge in [0, 0.05) is 10.8 Å². The third-order valence-corrected chi connectivity index (χ3v) is 3.33. The number of carbonyl (C=O) groups is 1. The summed E-state index contributed by atoms with van der Waals surface area (Å²) in [6.45, 7) is 0. The first-order valence-electron chi connectivity index (χ1n) is 4.61. The van der Waals surface area contributed by atoms with Gasteiger partial charge in [-0.05, 0) is 17.5 Å². The zero-order valence-electron chi connectivity index (χ0n) is 8.94. The van der Waals surface area contributed by atoms with Gasteiger partial charge in [0.25, 0.3) is 0 Å². The van der Waals surface area contributed by atoms with E-state index in [9.17, 15) is 4.79 Å². The number of esters is 1. The molecule has 0 amide bonds. The van der Waals surface area contributed by atoms with E-state index in [1.165, 1.54) is 18.4 Å². The SMILES string of the molecule is COC(=O)c1cc2cc(N)c(OC)cc2s1. The average Bonchev–Trinajstić information content (AvgIpc) is 2.69. The van der Waals surface area contributed by atoms with Crippen LogP contribution in [0.3, 0.4) is 0 Å². The Balaban J connectivity index is 2.58. The summed E-state index contributed by atoms with van der Waals surface area (Å²) in [5, 5.41) is 0.920. The molecular formula is C11H11NO3S. The van der Waals surface area contributed by atoms with Gasteiger partial charge in [-0.3, -0.25) is 0 Å². The van der Waals surface area contributed by atoms with E-state index in [0.717, 1.165) is 10.1 Å². The topological polar surface area (TPSA) is 61.5 Å². The second-order valence-corrected chi connectivity index (χ2v) is 4.32. The number of methoxy groups -OCH3 is 2. The zero-order valence-corrected chi connectivity index (χ0v) is 9.76. The maximum Gasteiger partial charge on any atom is 0.348 e. The van der Waals surface area contributed by atoms with Crippen molar-refractivity contribution in [1.29, 1.82) is 0 Å². The van der Waals surface area contributed by atoms with Crippen LogP contribution < -0.4 is 10.5 Å². The number of rotatable bonds is 2. The summed E-state index contributed by atoms with van der Waals surface area (Å²) >= 11 is 1.36. The molecular weight excluding hydrogens is 226 g/mol. The highest BCUT2D eigenvalue weighted by Crippen LogP contribution is 2.33. The van der Waals surface area contributed by atoms with Crippen molar-refractivity contribution in [3.8, 4) is 5.75 Å². The number of nitrogens with two attached hydrogens (primary N) is 1. The number of hydrogen-bond donors (Lipinski definition) is 1. The number of carbonyl (C=O) groups excluding carboxylic acids is 1. The highest BCUT2D eigenvalue weighted by molar-refractivity contribution is 7.20. The quantitative estimate of drug-likeness (QED) is 0.643. The fraction of sp³-hybridized carbons (Fsp3) is 0.182. The summed E-state index contributed by atoms with van der Waals surface area (Å²) in [6.07, 6.45) is 0. The summed E-state index contributed by atoms with van der Waals surface area (Å²) in [7, 11) is 2.92. The molecule has 0 bridgehead atoms. The molecule has 0 aliphatic carbocycles. The second-order valence-electron chi connectivity index (χ2n) is 3.23. The Morgan fingerprint density at radius 2 is 2.06 bits per heavy atom. The van der Waals surface area contributed by atoms with Crippen LogP contribution >= 0.6 is 11.3 Å². The molecule has 2 rings (SSSR count). The van der Waals surface area contributed by atoms with Crippen LogP contribution in [0.2, 0.25) is 0 Å². The summed E-state index contributed by atoms with van der Waals surface area (Å²) in [6, 6.07) is 5.38. The van der Waals surface area contributed by atoms with Crippen LogP contribution in [0.5, 0.6) is 5.75 Å². The molecule has 1 heterocycles. The van der Waals surface area contributed by atoms with Crippen molar-refractivity contribution >= 4 is 33.1 Å². The van der Waals surface area contributed by atoms with Crippen LogP contribution in [0.25, 0.3) is 10.1 Å². The summed E-state index contributed by atoms with van der Waals surface area (Å²) < 4.78 is 10.7. The average molecular weight is 237 g/mol. The Bertz CT molecular complexity index is 547. The molecule has 0 unspecified atom stereocenters. The van der Waals surface area contributed by atoms with Gasteiger partial charge in [-0.1, -0.05) is 0 Å². The minimum absolute atomic E-state index is 0.335. The van der Waals surface area contributed by atoms with Crippen molar-refractivity contribution < 1.29 is 14.3 Å². The molecule has 0 spiro atoms. The van der Waals surface area contributed by atoms with Gasteiger partial charge in [-0.25, -0.2) is 4.79 Å². The van der Waals surface area contributed by atoms with Gasteiger partial charge in [0.15, 0.2) is 0 Å². The normalized spacial score (nSPS) is 10.4. The molecule has 4 nitrogen and oxygen atoms in total. The monoisotopic (exact) mass is 237 g/mol. The van der Waals surface area contributed by atoms with Crippen molar-refractivity contribution in [3.05, 3.63) is 23.1 Å². The first kappa shape index (κ1) is 10.8. The van der Waals surface area contributed by atoms with Crippen LogP contribution in [0.1, 0.15) is 9.67 Å². The van der Waals surface area contributed by atoms with Gasteiger partial charge in [-0.15, -0.1) is 11.3 Å². The number of fused-ring (bicyclic) bond motifs is 1. The second kappa shape index (κ2) is 4.02. The van der Waals surface area contributed by atoms with E-state index >= 15 is 0 Å². The lowest BCUT2D eigenvalue weighted by atomic mass is 10.2.